The van der Waals surface area contributed by atoms with Gasteiger partial charge in [0.25, 0.3) is 0 Å². The smallest absolute Gasteiger partial charge is 0.241 e. The lowest BCUT2D eigenvalue weighted by atomic mass is 10.2. The Bertz CT molecular complexity index is 643. The first-order valence-corrected chi connectivity index (χ1v) is 8.66. The van der Waals surface area contributed by atoms with Crippen molar-refractivity contribution in [1.29, 1.82) is 0 Å². The molecule has 0 atom stereocenters. The molecule has 0 aliphatic carbocycles. The molecule has 0 spiro atoms. The fourth-order valence-corrected chi connectivity index (χ4v) is 2.81. The van der Waals surface area contributed by atoms with Crippen LogP contribution in [0.1, 0.15) is 0 Å². The Labute approximate surface area is 148 Å². The number of hydrogen-bond acceptors (Lipinski definition) is 4. The van der Waals surface area contributed by atoms with Gasteiger partial charge in [-0.1, -0.05) is 36.4 Å². The molecule has 1 aliphatic rings. The highest BCUT2D eigenvalue weighted by molar-refractivity contribution is 5.94. The van der Waals surface area contributed by atoms with Crippen molar-refractivity contribution in [2.45, 2.75) is 0 Å². The second-order valence-electron chi connectivity index (χ2n) is 5.93. The van der Waals surface area contributed by atoms with Crippen LogP contribution in [0.2, 0.25) is 0 Å². The average molecular weight is 340 g/mol. The highest BCUT2D eigenvalue weighted by Crippen LogP contribution is 2.15. The molecule has 0 radical (unpaired) electrons. The van der Waals surface area contributed by atoms with Gasteiger partial charge in [-0.05, 0) is 24.3 Å². The lowest BCUT2D eigenvalue weighted by Crippen LogP contribution is -2.46. The maximum Gasteiger partial charge on any atom is 0.241 e. The average Bonchev–Trinajstić information content (AvgIpc) is 2.67. The highest BCUT2D eigenvalue weighted by Gasteiger charge is 2.20. The minimum atomic E-state index is 0.0877. The van der Waals surface area contributed by atoms with Crippen LogP contribution in [0.3, 0.4) is 0 Å². The van der Waals surface area contributed by atoms with Crippen LogP contribution in [0.15, 0.2) is 60.7 Å². The van der Waals surface area contributed by atoms with E-state index in [1.165, 1.54) is 0 Å². The standard InChI is InChI=1S/C20H24N2O3/c23-20(17-21-11-14-24-15-12-21)22(18-7-3-1-4-8-18)13-16-25-19-9-5-2-6-10-19/h1-10H,11-17H2. The molecule has 1 aliphatic heterocycles. The SMILES string of the molecule is O=C(CN1CCOCC1)N(CCOc1ccccc1)c1ccccc1. The summed E-state index contributed by atoms with van der Waals surface area (Å²) in [5, 5.41) is 0. The number of hydrogen-bond donors (Lipinski definition) is 0. The van der Waals surface area contributed by atoms with Crippen molar-refractivity contribution in [3.05, 3.63) is 60.7 Å². The van der Waals surface area contributed by atoms with Crippen LogP contribution in [0.5, 0.6) is 5.75 Å². The second kappa shape index (κ2) is 9.20. The molecule has 0 bridgehead atoms. The lowest BCUT2D eigenvalue weighted by molar-refractivity contribution is -0.120. The number of amides is 1. The largest absolute Gasteiger partial charge is 0.492 e. The van der Waals surface area contributed by atoms with Crippen LogP contribution < -0.4 is 9.64 Å². The predicted octanol–water partition coefficient (Wildman–Crippen LogP) is 2.43. The summed E-state index contributed by atoms with van der Waals surface area (Å²) in [6.07, 6.45) is 0. The molecular weight excluding hydrogens is 316 g/mol. The van der Waals surface area contributed by atoms with Crippen molar-refractivity contribution in [1.82, 2.24) is 4.90 Å². The maximum atomic E-state index is 12.8. The number of rotatable bonds is 7. The van der Waals surface area contributed by atoms with Gasteiger partial charge in [0.05, 0.1) is 26.3 Å². The third-order valence-corrected chi connectivity index (χ3v) is 4.16. The molecular formula is C20H24N2O3. The van der Waals surface area contributed by atoms with E-state index in [4.69, 9.17) is 9.47 Å². The summed E-state index contributed by atoms with van der Waals surface area (Å²) in [6.45, 7) is 4.36. The first-order chi connectivity index (χ1) is 12.3. The summed E-state index contributed by atoms with van der Waals surface area (Å²) >= 11 is 0. The van der Waals surface area contributed by atoms with E-state index in [1.54, 1.807) is 4.90 Å². The van der Waals surface area contributed by atoms with Gasteiger partial charge >= 0.3 is 0 Å². The summed E-state index contributed by atoms with van der Waals surface area (Å²) in [7, 11) is 0. The van der Waals surface area contributed by atoms with E-state index < -0.39 is 0 Å². The Morgan fingerprint density at radius 1 is 1.00 bits per heavy atom. The van der Waals surface area contributed by atoms with Crippen LogP contribution in [-0.2, 0) is 9.53 Å². The molecule has 0 unspecified atom stereocenters. The number of morpholine rings is 1. The molecule has 1 heterocycles. The first-order valence-electron chi connectivity index (χ1n) is 8.66. The van der Waals surface area contributed by atoms with Crippen LogP contribution in [0, 0.1) is 0 Å². The summed E-state index contributed by atoms with van der Waals surface area (Å²) in [4.78, 5) is 16.8. The molecule has 0 N–H and O–H groups in total. The van der Waals surface area contributed by atoms with Gasteiger partial charge in [0.2, 0.25) is 5.91 Å². The lowest BCUT2D eigenvalue weighted by Gasteiger charge is -2.29. The Kier molecular flexibility index (Phi) is 6.42. The zero-order valence-corrected chi connectivity index (χ0v) is 14.3. The monoisotopic (exact) mass is 340 g/mol. The van der Waals surface area contributed by atoms with E-state index in [0.717, 1.165) is 24.5 Å². The van der Waals surface area contributed by atoms with Crippen molar-refractivity contribution in [2.24, 2.45) is 0 Å². The van der Waals surface area contributed by atoms with Crippen LogP contribution >= 0.6 is 0 Å². The normalized spacial score (nSPS) is 14.9. The Morgan fingerprint density at radius 3 is 2.32 bits per heavy atom. The molecule has 1 fully saturated rings. The number of anilines is 1. The number of ether oxygens (including phenoxy) is 2. The minimum absolute atomic E-state index is 0.0877. The highest BCUT2D eigenvalue weighted by atomic mass is 16.5. The Morgan fingerprint density at radius 2 is 1.64 bits per heavy atom. The number of carbonyl (C=O) groups excluding carboxylic acids is 1. The fraction of sp³-hybridized carbons (Fsp3) is 0.350. The van der Waals surface area contributed by atoms with Crippen LogP contribution in [0.25, 0.3) is 0 Å². The van der Waals surface area contributed by atoms with Gasteiger partial charge < -0.3 is 14.4 Å². The summed E-state index contributed by atoms with van der Waals surface area (Å²) in [6, 6.07) is 19.4. The zero-order valence-electron chi connectivity index (χ0n) is 14.3. The van der Waals surface area contributed by atoms with Crippen LogP contribution in [-0.4, -0.2) is 56.8 Å². The van der Waals surface area contributed by atoms with Crippen molar-refractivity contribution in [3.63, 3.8) is 0 Å². The summed E-state index contributed by atoms with van der Waals surface area (Å²) < 4.78 is 11.1. The van der Waals surface area contributed by atoms with Crippen molar-refractivity contribution in [2.75, 3.05) is 50.9 Å². The Balaban J connectivity index is 1.61. The Hall–Kier alpha value is -2.37. The number of para-hydroxylation sites is 2. The molecule has 25 heavy (non-hydrogen) atoms. The molecule has 1 amide bonds. The third kappa shape index (κ3) is 5.31. The van der Waals surface area contributed by atoms with E-state index in [0.29, 0.717) is 32.9 Å². The number of benzene rings is 2. The maximum absolute atomic E-state index is 12.8. The van der Waals surface area contributed by atoms with Gasteiger partial charge in [0.1, 0.15) is 12.4 Å². The van der Waals surface area contributed by atoms with Gasteiger partial charge in [-0.3, -0.25) is 9.69 Å². The van der Waals surface area contributed by atoms with E-state index in [2.05, 4.69) is 4.90 Å². The molecule has 0 aromatic heterocycles. The predicted molar refractivity (Wildman–Crippen MR) is 98.0 cm³/mol. The van der Waals surface area contributed by atoms with Crippen LogP contribution in [0.4, 0.5) is 5.69 Å². The van der Waals surface area contributed by atoms with Crippen molar-refractivity contribution >= 4 is 11.6 Å². The topological polar surface area (TPSA) is 42.0 Å². The molecule has 2 aromatic rings. The fourth-order valence-electron chi connectivity index (χ4n) is 2.81. The third-order valence-electron chi connectivity index (χ3n) is 4.16. The van der Waals surface area contributed by atoms with Gasteiger partial charge in [-0.2, -0.15) is 0 Å². The first kappa shape index (κ1) is 17.5. The van der Waals surface area contributed by atoms with E-state index in [-0.39, 0.29) is 5.91 Å². The quantitative estimate of drug-likeness (QED) is 0.776. The minimum Gasteiger partial charge on any atom is -0.492 e. The van der Waals surface area contributed by atoms with Gasteiger partial charge in [-0.15, -0.1) is 0 Å². The van der Waals surface area contributed by atoms with Gasteiger partial charge in [-0.25, -0.2) is 0 Å². The molecule has 1 saturated heterocycles. The number of nitrogens with zero attached hydrogens (tertiary/aromatic N) is 2. The molecule has 5 nitrogen and oxygen atoms in total. The van der Waals surface area contributed by atoms with E-state index in [1.807, 2.05) is 60.7 Å². The molecule has 2 aromatic carbocycles. The van der Waals surface area contributed by atoms with E-state index >= 15 is 0 Å². The van der Waals surface area contributed by atoms with Gasteiger partial charge in [0.15, 0.2) is 0 Å². The van der Waals surface area contributed by atoms with E-state index in [9.17, 15) is 4.79 Å². The molecule has 3 rings (SSSR count). The molecule has 132 valence electrons. The van der Waals surface area contributed by atoms with Crippen molar-refractivity contribution < 1.29 is 14.3 Å². The second-order valence-corrected chi connectivity index (χ2v) is 5.93. The summed E-state index contributed by atoms with van der Waals surface area (Å²) in [5.74, 6) is 0.904. The summed E-state index contributed by atoms with van der Waals surface area (Å²) in [5.41, 5.74) is 0.900. The molecule has 0 saturated carbocycles. The number of carbonyl (C=O) groups is 1. The van der Waals surface area contributed by atoms with Gasteiger partial charge in [0, 0.05) is 18.8 Å². The van der Waals surface area contributed by atoms with Crippen molar-refractivity contribution in [3.8, 4) is 5.75 Å². The zero-order chi connectivity index (χ0) is 17.3. The molecule has 5 heteroatoms.